The summed E-state index contributed by atoms with van der Waals surface area (Å²) >= 11 is 0. The Morgan fingerprint density at radius 3 is 2.32 bits per heavy atom. The van der Waals surface area contributed by atoms with Crippen molar-refractivity contribution in [1.82, 2.24) is 9.55 Å². The zero-order valence-corrected chi connectivity index (χ0v) is 20.6. The van der Waals surface area contributed by atoms with Gasteiger partial charge in [-0.05, 0) is 29.1 Å². The van der Waals surface area contributed by atoms with Gasteiger partial charge in [0.2, 0.25) is 0 Å². The van der Waals surface area contributed by atoms with Gasteiger partial charge in [-0.15, -0.1) is 0 Å². The number of rotatable bonds is 11. The number of nitrogens with zero attached hydrogens (tertiary/aromatic N) is 7. The molecule has 2 unspecified atom stereocenters. The highest BCUT2D eigenvalue weighted by atomic mass is 16.6. The molecule has 2 heterocycles. The Hall–Kier alpha value is -4.38. The maximum Gasteiger partial charge on any atom is 0.330 e. The van der Waals surface area contributed by atoms with Gasteiger partial charge in [0.05, 0.1) is 26.4 Å². The fraction of sp³-hybridized carbons (Fsp3) is 0.360. The zero-order valence-electron chi connectivity index (χ0n) is 20.6. The highest BCUT2D eigenvalue weighted by molar-refractivity contribution is 5.16. The van der Waals surface area contributed by atoms with Gasteiger partial charge in [0.15, 0.2) is 0 Å². The number of hydrogen-bond donors (Lipinski definition) is 1. The molecular formula is C25H26N8O5. The Kier molecular flexibility index (Phi) is 8.59. The van der Waals surface area contributed by atoms with Gasteiger partial charge >= 0.3 is 5.69 Å². The minimum Gasteiger partial charge on any atom is -0.374 e. The van der Waals surface area contributed by atoms with Gasteiger partial charge < -0.3 is 14.2 Å². The lowest BCUT2D eigenvalue weighted by atomic mass is 9.94. The van der Waals surface area contributed by atoms with E-state index in [-0.39, 0.29) is 31.9 Å². The Morgan fingerprint density at radius 1 is 1.03 bits per heavy atom. The van der Waals surface area contributed by atoms with E-state index in [0.717, 1.165) is 15.7 Å². The van der Waals surface area contributed by atoms with Crippen LogP contribution in [0.15, 0.2) is 86.7 Å². The molecule has 0 saturated carbocycles. The van der Waals surface area contributed by atoms with Crippen molar-refractivity contribution in [3.05, 3.63) is 125 Å². The molecule has 1 saturated heterocycles. The van der Waals surface area contributed by atoms with E-state index in [2.05, 4.69) is 25.0 Å². The van der Waals surface area contributed by atoms with Gasteiger partial charge in [0.1, 0.15) is 24.0 Å². The molecule has 13 nitrogen and oxygen atoms in total. The number of H-pyrrole nitrogens is 1. The molecule has 38 heavy (non-hydrogen) atoms. The standard InChI is InChI=1S/C25H26N8O5/c1-17-12-33(24(35)29-22(17)34)23-20(30-32-27)21(37-14-19-10-6-3-7-11-19)25(38-23,15-28-31-26)16-36-13-18-8-4-2-5-9-18/h2-12,20-21,23H,13-16H2,1H3,(H,29,34,35)/t20?,21?,23-,25-/m1/s1. The minimum absolute atomic E-state index is 0.106. The van der Waals surface area contributed by atoms with E-state index >= 15 is 0 Å². The number of azide groups is 2. The van der Waals surface area contributed by atoms with Crippen LogP contribution in [-0.4, -0.2) is 40.4 Å². The fourth-order valence-corrected chi connectivity index (χ4v) is 4.38. The Morgan fingerprint density at radius 2 is 1.68 bits per heavy atom. The van der Waals surface area contributed by atoms with E-state index in [4.69, 9.17) is 19.7 Å². The van der Waals surface area contributed by atoms with E-state index in [0.29, 0.717) is 0 Å². The molecule has 1 aliphatic heterocycles. The van der Waals surface area contributed by atoms with Crippen LogP contribution in [0.4, 0.5) is 0 Å². The highest BCUT2D eigenvalue weighted by Gasteiger charge is 2.56. The second kappa shape index (κ2) is 12.2. The maximum atomic E-state index is 12.8. The molecule has 1 aromatic heterocycles. The molecule has 4 rings (SSSR count). The lowest BCUT2D eigenvalue weighted by Gasteiger charge is -2.33. The van der Waals surface area contributed by atoms with Crippen molar-refractivity contribution in [2.75, 3.05) is 13.2 Å². The van der Waals surface area contributed by atoms with Crippen LogP contribution in [0.5, 0.6) is 0 Å². The predicted molar refractivity (Wildman–Crippen MR) is 137 cm³/mol. The van der Waals surface area contributed by atoms with Crippen LogP contribution in [0.3, 0.4) is 0 Å². The van der Waals surface area contributed by atoms with E-state index < -0.39 is 35.2 Å². The third kappa shape index (κ3) is 5.94. The Balaban J connectivity index is 1.75. The van der Waals surface area contributed by atoms with E-state index in [1.165, 1.54) is 13.1 Å². The molecule has 3 aromatic rings. The van der Waals surface area contributed by atoms with E-state index in [1.807, 2.05) is 60.7 Å². The number of aromatic amines is 1. The first-order valence-corrected chi connectivity index (χ1v) is 11.8. The second-order valence-electron chi connectivity index (χ2n) is 8.83. The number of ether oxygens (including phenoxy) is 3. The van der Waals surface area contributed by atoms with Crippen LogP contribution >= 0.6 is 0 Å². The Labute approximate surface area is 216 Å². The molecule has 0 amide bonds. The third-order valence-electron chi connectivity index (χ3n) is 6.21. The van der Waals surface area contributed by atoms with Crippen LogP contribution in [0.2, 0.25) is 0 Å². The molecule has 1 fully saturated rings. The van der Waals surface area contributed by atoms with Crippen LogP contribution in [-0.2, 0) is 27.4 Å². The smallest absolute Gasteiger partial charge is 0.330 e. The van der Waals surface area contributed by atoms with Crippen molar-refractivity contribution in [3.8, 4) is 0 Å². The predicted octanol–water partition coefficient (Wildman–Crippen LogP) is 3.90. The molecule has 4 atom stereocenters. The highest BCUT2D eigenvalue weighted by Crippen LogP contribution is 2.42. The monoisotopic (exact) mass is 518 g/mol. The van der Waals surface area contributed by atoms with Crippen molar-refractivity contribution < 1.29 is 14.2 Å². The molecule has 1 N–H and O–H groups in total. The first-order valence-electron chi connectivity index (χ1n) is 11.8. The average molecular weight is 519 g/mol. The molecule has 196 valence electrons. The van der Waals surface area contributed by atoms with Gasteiger partial charge in [-0.25, -0.2) is 4.79 Å². The van der Waals surface area contributed by atoms with Crippen molar-refractivity contribution in [3.63, 3.8) is 0 Å². The number of hydrogen-bond acceptors (Lipinski definition) is 7. The van der Waals surface area contributed by atoms with Crippen LogP contribution in [0.1, 0.15) is 22.9 Å². The van der Waals surface area contributed by atoms with Crippen molar-refractivity contribution in [2.45, 2.75) is 44.1 Å². The van der Waals surface area contributed by atoms with E-state index in [1.54, 1.807) is 0 Å². The molecule has 2 aromatic carbocycles. The van der Waals surface area contributed by atoms with Crippen molar-refractivity contribution in [2.24, 2.45) is 10.2 Å². The normalized spacial score (nSPS) is 22.4. The number of nitrogens with one attached hydrogen (secondary N) is 1. The minimum atomic E-state index is -1.43. The zero-order chi connectivity index (χ0) is 27.0. The molecule has 1 aliphatic rings. The van der Waals surface area contributed by atoms with Crippen molar-refractivity contribution in [1.29, 1.82) is 0 Å². The molecule has 13 heteroatoms. The summed E-state index contributed by atoms with van der Waals surface area (Å²) in [5, 5.41) is 7.68. The van der Waals surface area contributed by atoms with Crippen LogP contribution in [0.25, 0.3) is 20.9 Å². The largest absolute Gasteiger partial charge is 0.374 e. The van der Waals surface area contributed by atoms with Gasteiger partial charge in [-0.2, -0.15) is 0 Å². The summed E-state index contributed by atoms with van der Waals surface area (Å²) in [5.41, 5.74) is 17.8. The summed E-state index contributed by atoms with van der Waals surface area (Å²) in [5.74, 6) is 0. The molecule has 0 bridgehead atoms. The van der Waals surface area contributed by atoms with E-state index in [9.17, 15) is 15.1 Å². The van der Waals surface area contributed by atoms with Gasteiger partial charge in [0.25, 0.3) is 5.56 Å². The maximum absolute atomic E-state index is 12.8. The second-order valence-corrected chi connectivity index (χ2v) is 8.83. The summed E-state index contributed by atoms with van der Waals surface area (Å²) in [6, 6.07) is 17.7. The SMILES string of the molecule is Cc1cn([C@@H]2O[C@](CN=[N+]=[N-])(COCc3ccccc3)C(OCc3ccccc3)C2N=[N+]=[N-])c(=O)[nH]c1=O. The number of benzene rings is 2. The quantitative estimate of drug-likeness (QED) is 0.229. The summed E-state index contributed by atoms with van der Waals surface area (Å²) in [6.45, 7) is 1.54. The summed E-state index contributed by atoms with van der Waals surface area (Å²) < 4.78 is 19.8. The van der Waals surface area contributed by atoms with Gasteiger partial charge in [-0.1, -0.05) is 70.9 Å². The molecule has 0 radical (unpaired) electrons. The van der Waals surface area contributed by atoms with Crippen LogP contribution < -0.4 is 11.2 Å². The fourth-order valence-electron chi connectivity index (χ4n) is 4.38. The van der Waals surface area contributed by atoms with Gasteiger partial charge in [0, 0.05) is 21.6 Å². The molecular weight excluding hydrogens is 492 g/mol. The number of aryl methyl sites for hydroxylation is 1. The topological polar surface area (TPSA) is 180 Å². The average Bonchev–Trinajstić information content (AvgIpc) is 3.22. The molecule has 0 aliphatic carbocycles. The summed E-state index contributed by atoms with van der Waals surface area (Å²) in [7, 11) is 0. The summed E-state index contributed by atoms with van der Waals surface area (Å²) in [4.78, 5) is 32.9. The Bertz CT molecular complexity index is 1450. The third-order valence-corrected chi connectivity index (χ3v) is 6.21. The lowest BCUT2D eigenvalue weighted by Crippen LogP contribution is -2.50. The number of aromatic nitrogens is 2. The van der Waals surface area contributed by atoms with Gasteiger partial charge in [-0.3, -0.25) is 14.3 Å². The van der Waals surface area contributed by atoms with Crippen molar-refractivity contribution >= 4 is 0 Å². The first kappa shape index (κ1) is 26.7. The summed E-state index contributed by atoms with van der Waals surface area (Å²) in [6.07, 6.45) is -0.831. The van der Waals surface area contributed by atoms with Crippen LogP contribution in [0, 0.1) is 6.92 Å². The molecule has 0 spiro atoms. The first-order chi connectivity index (χ1) is 18.5. The lowest BCUT2D eigenvalue weighted by molar-refractivity contribution is -0.151.